The monoisotopic (exact) mass is 448 g/mol. The summed E-state index contributed by atoms with van der Waals surface area (Å²) < 4.78 is 4.74. The normalized spacial score (nSPS) is 13.0. The van der Waals surface area contributed by atoms with Gasteiger partial charge in [-0.05, 0) is 41.7 Å². The highest BCUT2D eigenvalue weighted by Gasteiger charge is 2.17. The molecule has 0 saturated heterocycles. The Labute approximate surface area is 195 Å². The van der Waals surface area contributed by atoms with Crippen molar-refractivity contribution in [3.8, 4) is 0 Å². The van der Waals surface area contributed by atoms with Crippen LogP contribution in [0.1, 0.15) is 33.5 Å². The van der Waals surface area contributed by atoms with E-state index in [9.17, 15) is 15.0 Å². The summed E-state index contributed by atoms with van der Waals surface area (Å²) in [6.45, 7) is 0. The number of ether oxygens (including phenoxy) is 1. The number of aliphatic hydroxyl groups excluding tert-OH is 2. The molecule has 0 amide bonds. The van der Waals surface area contributed by atoms with Crippen molar-refractivity contribution in [1.29, 1.82) is 0 Å². The van der Waals surface area contributed by atoms with E-state index in [2.05, 4.69) is 10.6 Å². The van der Waals surface area contributed by atoms with Crippen LogP contribution in [0.3, 0.4) is 0 Å². The van der Waals surface area contributed by atoms with Crippen molar-refractivity contribution in [2.24, 2.45) is 0 Å². The second-order valence-electron chi connectivity index (χ2n) is 8.02. The fraction of sp³-hybridized carbons (Fsp3) is 0.296. The van der Waals surface area contributed by atoms with Crippen LogP contribution in [-0.4, -0.2) is 41.9 Å². The summed E-state index contributed by atoms with van der Waals surface area (Å²) in [6, 6.07) is 26.8. The zero-order valence-corrected chi connectivity index (χ0v) is 18.9. The molecule has 0 aliphatic rings. The molecule has 0 bridgehead atoms. The quantitative estimate of drug-likeness (QED) is 0.252. The van der Waals surface area contributed by atoms with Gasteiger partial charge in [0.1, 0.15) is 12.5 Å². The minimum absolute atomic E-state index is 0.317. The molecule has 6 nitrogen and oxygen atoms in total. The first-order valence-corrected chi connectivity index (χ1v) is 11.2. The summed E-state index contributed by atoms with van der Waals surface area (Å²) in [5.74, 6) is -0.365. The maximum absolute atomic E-state index is 11.6. The third-order valence-corrected chi connectivity index (χ3v) is 5.43. The Kier molecular flexibility index (Phi) is 9.59. The van der Waals surface area contributed by atoms with E-state index < -0.39 is 12.5 Å². The highest BCUT2D eigenvalue weighted by Crippen LogP contribution is 2.11. The minimum atomic E-state index is -0.768. The highest BCUT2D eigenvalue weighted by atomic mass is 16.5. The Balaban J connectivity index is 1.61. The van der Waals surface area contributed by atoms with Crippen LogP contribution in [-0.2, 0) is 24.0 Å². The molecule has 3 aromatic carbocycles. The molecule has 4 N–H and O–H groups in total. The van der Waals surface area contributed by atoms with Crippen LogP contribution < -0.4 is 10.6 Å². The number of aliphatic hydroxyl groups is 2. The van der Waals surface area contributed by atoms with Crippen LogP contribution in [0, 0.1) is 0 Å². The Morgan fingerprint density at radius 2 is 1.24 bits per heavy atom. The summed E-state index contributed by atoms with van der Waals surface area (Å²) in [5, 5.41) is 27.6. The molecule has 0 aliphatic carbocycles. The first kappa shape index (κ1) is 24.6. The third-order valence-electron chi connectivity index (χ3n) is 5.43. The molecule has 0 aliphatic heterocycles. The van der Waals surface area contributed by atoms with Crippen LogP contribution >= 0.6 is 0 Å². The summed E-state index contributed by atoms with van der Waals surface area (Å²) in [4.78, 5) is 11.6. The van der Waals surface area contributed by atoms with Gasteiger partial charge in [0, 0.05) is 12.8 Å². The average Bonchev–Trinajstić information content (AvgIpc) is 2.83. The van der Waals surface area contributed by atoms with E-state index in [0.29, 0.717) is 31.2 Å². The minimum Gasteiger partial charge on any atom is -0.465 e. The number of rotatable bonds is 12. The summed E-state index contributed by atoms with van der Waals surface area (Å²) in [7, 11) is 1.36. The van der Waals surface area contributed by atoms with Crippen molar-refractivity contribution in [2.75, 3.05) is 7.11 Å². The van der Waals surface area contributed by atoms with Crippen molar-refractivity contribution in [1.82, 2.24) is 10.6 Å². The lowest BCUT2D eigenvalue weighted by molar-refractivity contribution is 0.0600. The fourth-order valence-corrected chi connectivity index (χ4v) is 3.71. The maximum Gasteiger partial charge on any atom is 0.337 e. The van der Waals surface area contributed by atoms with Crippen molar-refractivity contribution in [3.63, 3.8) is 0 Å². The number of nitrogens with one attached hydrogen (secondary N) is 2. The summed E-state index contributed by atoms with van der Waals surface area (Å²) in [5.41, 5.74) is 3.61. The number of hydrogen-bond acceptors (Lipinski definition) is 6. The van der Waals surface area contributed by atoms with Crippen LogP contribution in [0.25, 0.3) is 0 Å². The van der Waals surface area contributed by atoms with Gasteiger partial charge in [-0.25, -0.2) is 4.79 Å². The molecule has 33 heavy (non-hydrogen) atoms. The first-order chi connectivity index (χ1) is 16.0. The van der Waals surface area contributed by atoms with Gasteiger partial charge in [0.15, 0.2) is 0 Å². The third kappa shape index (κ3) is 8.44. The van der Waals surface area contributed by atoms with Crippen LogP contribution in [0.5, 0.6) is 0 Å². The van der Waals surface area contributed by atoms with E-state index in [4.69, 9.17) is 4.74 Å². The van der Waals surface area contributed by atoms with Gasteiger partial charge in [-0.1, -0.05) is 72.8 Å². The van der Waals surface area contributed by atoms with Crippen LogP contribution in [0.2, 0.25) is 0 Å². The van der Waals surface area contributed by atoms with Crippen molar-refractivity contribution < 1.29 is 19.7 Å². The molecule has 0 radical (unpaired) electrons. The van der Waals surface area contributed by atoms with Crippen molar-refractivity contribution >= 4 is 5.97 Å². The second kappa shape index (κ2) is 12.9. The van der Waals surface area contributed by atoms with Gasteiger partial charge in [0.05, 0.1) is 18.8 Å². The number of methoxy groups -OCH3 is 1. The van der Waals surface area contributed by atoms with E-state index in [0.717, 1.165) is 16.7 Å². The standard InChI is InChI=1S/C27H32N2O4/c1-33-27(32)23-15-12-20(13-16-23)14-17-24(28-25(30)18-21-8-4-2-5-9-21)29-26(31)19-22-10-6-3-7-11-22/h2-13,15-16,24-26,28-31H,14,17-19H2,1H3/t25-,26-/m1/s1. The predicted octanol–water partition coefficient (Wildman–Crippen LogP) is 3.03. The molecule has 0 unspecified atom stereocenters. The lowest BCUT2D eigenvalue weighted by Crippen LogP contribution is -2.52. The molecule has 174 valence electrons. The van der Waals surface area contributed by atoms with E-state index in [1.54, 1.807) is 12.1 Å². The SMILES string of the molecule is COC(=O)c1ccc(CCC(N[C@H](O)Cc2ccccc2)N[C@H](O)Cc2ccccc2)cc1. The lowest BCUT2D eigenvalue weighted by atomic mass is 10.1. The molecule has 0 heterocycles. The predicted molar refractivity (Wildman–Crippen MR) is 128 cm³/mol. The average molecular weight is 449 g/mol. The summed E-state index contributed by atoms with van der Waals surface area (Å²) in [6.07, 6.45) is 0.398. The van der Waals surface area contributed by atoms with Gasteiger partial charge in [-0.15, -0.1) is 0 Å². The zero-order valence-electron chi connectivity index (χ0n) is 18.9. The largest absolute Gasteiger partial charge is 0.465 e. The molecule has 3 aromatic rings. The fourth-order valence-electron chi connectivity index (χ4n) is 3.71. The lowest BCUT2D eigenvalue weighted by Gasteiger charge is -2.27. The molecule has 6 heteroatoms. The van der Waals surface area contributed by atoms with Gasteiger partial charge in [0.2, 0.25) is 0 Å². The smallest absolute Gasteiger partial charge is 0.337 e. The zero-order chi connectivity index (χ0) is 23.5. The number of carbonyl (C=O) groups is 1. The van der Waals surface area contributed by atoms with Crippen LogP contribution in [0.15, 0.2) is 84.9 Å². The molecule has 0 spiro atoms. The molecule has 2 atom stereocenters. The van der Waals surface area contributed by atoms with Gasteiger partial charge < -0.3 is 14.9 Å². The van der Waals surface area contributed by atoms with Gasteiger partial charge in [-0.3, -0.25) is 10.6 Å². The number of benzene rings is 3. The Bertz CT molecular complexity index is 915. The van der Waals surface area contributed by atoms with E-state index in [1.807, 2.05) is 72.8 Å². The second-order valence-corrected chi connectivity index (χ2v) is 8.02. The molecule has 3 rings (SSSR count). The Hall–Kier alpha value is -3.03. The molecule has 0 fully saturated rings. The van der Waals surface area contributed by atoms with Gasteiger partial charge >= 0.3 is 5.97 Å². The number of aryl methyl sites for hydroxylation is 1. The number of hydrogen-bond donors (Lipinski definition) is 4. The van der Waals surface area contributed by atoms with E-state index in [-0.39, 0.29) is 12.1 Å². The van der Waals surface area contributed by atoms with E-state index in [1.165, 1.54) is 7.11 Å². The molecule has 0 aromatic heterocycles. The van der Waals surface area contributed by atoms with Crippen molar-refractivity contribution in [2.45, 2.75) is 44.3 Å². The van der Waals surface area contributed by atoms with Crippen molar-refractivity contribution in [3.05, 3.63) is 107 Å². The van der Waals surface area contributed by atoms with Crippen LogP contribution in [0.4, 0.5) is 0 Å². The van der Waals surface area contributed by atoms with Gasteiger partial charge in [-0.2, -0.15) is 0 Å². The molecular weight excluding hydrogens is 416 g/mol. The number of esters is 1. The Morgan fingerprint density at radius 3 is 1.70 bits per heavy atom. The van der Waals surface area contributed by atoms with Gasteiger partial charge in [0.25, 0.3) is 0 Å². The maximum atomic E-state index is 11.6. The highest BCUT2D eigenvalue weighted by molar-refractivity contribution is 5.89. The molecule has 0 saturated carbocycles. The number of carbonyl (C=O) groups excluding carboxylic acids is 1. The summed E-state index contributed by atoms with van der Waals surface area (Å²) >= 11 is 0. The molecular formula is C27H32N2O4. The Morgan fingerprint density at radius 1 is 0.758 bits per heavy atom. The first-order valence-electron chi connectivity index (χ1n) is 11.2. The topological polar surface area (TPSA) is 90.8 Å². The van der Waals surface area contributed by atoms with E-state index >= 15 is 0 Å².